The van der Waals surface area contributed by atoms with Gasteiger partial charge in [-0.25, -0.2) is 0 Å². The van der Waals surface area contributed by atoms with Crippen molar-refractivity contribution in [3.63, 3.8) is 0 Å². The minimum atomic E-state index is -0.273. The number of rotatable bonds is 7. The number of methoxy groups -OCH3 is 3. The van der Waals surface area contributed by atoms with Crippen LogP contribution in [0.3, 0.4) is 0 Å². The largest absolute Gasteiger partial charge is 0.496 e. The van der Waals surface area contributed by atoms with Gasteiger partial charge in [0.1, 0.15) is 17.2 Å². The number of nitrogens with one attached hydrogen (secondary N) is 1. The Balaban J connectivity index is 2.13. The van der Waals surface area contributed by atoms with Crippen molar-refractivity contribution in [2.45, 2.75) is 25.9 Å². The summed E-state index contributed by atoms with van der Waals surface area (Å²) in [4.78, 5) is 6.79. The molecule has 2 N–H and O–H groups in total. The van der Waals surface area contributed by atoms with Crippen molar-refractivity contribution >= 4 is 5.96 Å². The van der Waals surface area contributed by atoms with Gasteiger partial charge >= 0.3 is 0 Å². The summed E-state index contributed by atoms with van der Waals surface area (Å²) in [6.45, 7) is 4.87. The number of β-amino-alcohol motifs (C(OH)–C–C–N with tert-alkyl or cyclic N) is 1. The van der Waals surface area contributed by atoms with Crippen LogP contribution in [0.4, 0.5) is 0 Å². The molecular formula is C18H29N3O4. The molecule has 7 heteroatoms. The standard InChI is InChI=1S/C18H29N3O4/c1-5-19-18(21-9-7-13(22)12-21)20-8-6-15-16(24-3)10-14(23-2)11-17(15)25-4/h10-11,13,22H,5-9,12H2,1-4H3,(H,19,20)/t13-/m1/s1. The van der Waals surface area contributed by atoms with Crippen LogP contribution in [0.1, 0.15) is 18.9 Å². The fourth-order valence-electron chi connectivity index (χ4n) is 2.96. The molecule has 0 bridgehead atoms. The van der Waals surface area contributed by atoms with Crippen molar-refractivity contribution in [2.75, 3.05) is 47.5 Å². The molecule has 1 aliphatic heterocycles. The summed E-state index contributed by atoms with van der Waals surface area (Å²) in [6.07, 6.45) is 1.19. The van der Waals surface area contributed by atoms with Crippen molar-refractivity contribution in [3.05, 3.63) is 17.7 Å². The average molecular weight is 351 g/mol. The number of guanidine groups is 1. The molecular weight excluding hydrogens is 322 g/mol. The van der Waals surface area contributed by atoms with Crippen LogP contribution in [0.25, 0.3) is 0 Å². The van der Waals surface area contributed by atoms with E-state index in [0.717, 1.165) is 42.5 Å². The SMILES string of the molecule is CCNC(=NCCc1c(OC)cc(OC)cc1OC)N1CC[C@@H](O)C1. The third kappa shape index (κ3) is 4.92. The molecule has 0 spiro atoms. The lowest BCUT2D eigenvalue weighted by atomic mass is 10.1. The summed E-state index contributed by atoms with van der Waals surface area (Å²) < 4.78 is 16.2. The molecule has 1 aromatic rings. The summed E-state index contributed by atoms with van der Waals surface area (Å²) in [6, 6.07) is 3.70. The average Bonchev–Trinajstić information content (AvgIpc) is 3.06. The first kappa shape index (κ1) is 19.2. The van der Waals surface area contributed by atoms with E-state index in [2.05, 4.69) is 10.2 Å². The summed E-state index contributed by atoms with van der Waals surface area (Å²) in [7, 11) is 4.89. The van der Waals surface area contributed by atoms with E-state index >= 15 is 0 Å². The van der Waals surface area contributed by atoms with Crippen molar-refractivity contribution in [3.8, 4) is 17.2 Å². The Bertz CT molecular complexity index is 567. The van der Waals surface area contributed by atoms with Crippen molar-refractivity contribution < 1.29 is 19.3 Å². The van der Waals surface area contributed by atoms with Crippen LogP contribution in [-0.4, -0.2) is 69.6 Å². The van der Waals surface area contributed by atoms with Gasteiger partial charge in [0.05, 0.1) is 27.4 Å². The molecule has 7 nitrogen and oxygen atoms in total. The predicted octanol–water partition coefficient (Wildman–Crippen LogP) is 1.29. The highest BCUT2D eigenvalue weighted by atomic mass is 16.5. The summed E-state index contributed by atoms with van der Waals surface area (Å²) in [5.41, 5.74) is 0.965. The summed E-state index contributed by atoms with van der Waals surface area (Å²) in [5, 5.41) is 13.0. The number of likely N-dealkylation sites (tertiary alicyclic amines) is 1. The maximum atomic E-state index is 9.74. The number of aliphatic imine (C=N–C) groups is 1. The normalized spacial score (nSPS) is 17.6. The van der Waals surface area contributed by atoms with Gasteiger partial charge in [-0.3, -0.25) is 4.99 Å². The van der Waals surface area contributed by atoms with Crippen LogP contribution in [0.2, 0.25) is 0 Å². The topological polar surface area (TPSA) is 75.6 Å². The van der Waals surface area contributed by atoms with E-state index in [0.29, 0.717) is 25.3 Å². The van der Waals surface area contributed by atoms with Gasteiger partial charge in [0.15, 0.2) is 5.96 Å². The number of ether oxygens (including phenoxy) is 3. The Morgan fingerprint density at radius 3 is 2.40 bits per heavy atom. The number of hydrogen-bond acceptors (Lipinski definition) is 5. The molecule has 0 aliphatic carbocycles. The number of nitrogens with zero attached hydrogens (tertiary/aromatic N) is 2. The monoisotopic (exact) mass is 351 g/mol. The van der Waals surface area contributed by atoms with Gasteiger partial charge < -0.3 is 29.5 Å². The summed E-state index contributed by atoms with van der Waals surface area (Å²) >= 11 is 0. The Hall–Kier alpha value is -2.15. The van der Waals surface area contributed by atoms with Crippen LogP contribution in [0, 0.1) is 0 Å². The number of benzene rings is 1. The van der Waals surface area contributed by atoms with Gasteiger partial charge in [-0.2, -0.15) is 0 Å². The molecule has 1 aliphatic rings. The highest BCUT2D eigenvalue weighted by molar-refractivity contribution is 5.80. The maximum absolute atomic E-state index is 9.74. The fraction of sp³-hybridized carbons (Fsp3) is 0.611. The Labute approximate surface area is 149 Å². The first-order valence-corrected chi connectivity index (χ1v) is 8.63. The molecule has 0 aromatic heterocycles. The van der Waals surface area contributed by atoms with Gasteiger partial charge in [0, 0.05) is 43.9 Å². The molecule has 0 saturated carbocycles. The molecule has 2 rings (SSSR count). The number of hydrogen-bond donors (Lipinski definition) is 2. The van der Waals surface area contributed by atoms with E-state index in [1.165, 1.54) is 0 Å². The second kappa shape index (κ2) is 9.36. The van der Waals surface area contributed by atoms with Gasteiger partial charge in [-0.1, -0.05) is 0 Å². The zero-order valence-electron chi connectivity index (χ0n) is 15.5. The second-order valence-corrected chi connectivity index (χ2v) is 5.88. The zero-order valence-corrected chi connectivity index (χ0v) is 15.5. The minimum absolute atomic E-state index is 0.273. The lowest BCUT2D eigenvalue weighted by Gasteiger charge is -2.21. The fourth-order valence-corrected chi connectivity index (χ4v) is 2.96. The third-order valence-corrected chi connectivity index (χ3v) is 4.24. The zero-order chi connectivity index (χ0) is 18.2. The molecule has 1 heterocycles. The van der Waals surface area contributed by atoms with Crippen molar-refractivity contribution in [1.29, 1.82) is 0 Å². The van der Waals surface area contributed by atoms with Gasteiger partial charge in [-0.15, -0.1) is 0 Å². The Morgan fingerprint density at radius 1 is 1.24 bits per heavy atom. The van der Waals surface area contributed by atoms with Crippen LogP contribution < -0.4 is 19.5 Å². The first-order valence-electron chi connectivity index (χ1n) is 8.63. The van der Waals surface area contributed by atoms with Crippen LogP contribution in [-0.2, 0) is 6.42 Å². The van der Waals surface area contributed by atoms with Crippen LogP contribution >= 0.6 is 0 Å². The second-order valence-electron chi connectivity index (χ2n) is 5.88. The third-order valence-electron chi connectivity index (χ3n) is 4.24. The molecule has 0 amide bonds. The molecule has 1 fully saturated rings. The number of aliphatic hydroxyl groups is 1. The maximum Gasteiger partial charge on any atom is 0.194 e. The molecule has 1 saturated heterocycles. The van der Waals surface area contributed by atoms with E-state index in [1.54, 1.807) is 21.3 Å². The van der Waals surface area contributed by atoms with E-state index in [1.807, 2.05) is 19.1 Å². The van der Waals surface area contributed by atoms with Crippen molar-refractivity contribution in [1.82, 2.24) is 10.2 Å². The highest BCUT2D eigenvalue weighted by Crippen LogP contribution is 2.34. The molecule has 0 unspecified atom stereocenters. The predicted molar refractivity (Wildman–Crippen MR) is 98.0 cm³/mol. The van der Waals surface area contributed by atoms with Crippen LogP contribution in [0.15, 0.2) is 17.1 Å². The smallest absolute Gasteiger partial charge is 0.194 e. The van der Waals surface area contributed by atoms with E-state index in [9.17, 15) is 5.11 Å². The molecule has 25 heavy (non-hydrogen) atoms. The summed E-state index contributed by atoms with van der Waals surface area (Å²) in [5.74, 6) is 2.99. The molecule has 0 radical (unpaired) electrons. The molecule has 1 atom stereocenters. The van der Waals surface area contributed by atoms with Gasteiger partial charge in [0.25, 0.3) is 0 Å². The van der Waals surface area contributed by atoms with Crippen molar-refractivity contribution in [2.24, 2.45) is 4.99 Å². The number of aliphatic hydroxyl groups excluding tert-OH is 1. The molecule has 1 aromatic carbocycles. The van der Waals surface area contributed by atoms with E-state index in [4.69, 9.17) is 19.2 Å². The van der Waals surface area contributed by atoms with E-state index in [-0.39, 0.29) is 6.10 Å². The Morgan fingerprint density at radius 2 is 1.92 bits per heavy atom. The lowest BCUT2D eigenvalue weighted by molar-refractivity contribution is 0.188. The van der Waals surface area contributed by atoms with Gasteiger partial charge in [0.2, 0.25) is 0 Å². The first-order chi connectivity index (χ1) is 12.1. The van der Waals surface area contributed by atoms with E-state index < -0.39 is 0 Å². The van der Waals surface area contributed by atoms with Crippen LogP contribution in [0.5, 0.6) is 17.2 Å². The highest BCUT2D eigenvalue weighted by Gasteiger charge is 2.22. The quantitative estimate of drug-likeness (QED) is 0.569. The lowest BCUT2D eigenvalue weighted by Crippen LogP contribution is -2.40. The minimum Gasteiger partial charge on any atom is -0.496 e. The Kier molecular flexibility index (Phi) is 7.18. The molecule has 140 valence electrons. The van der Waals surface area contributed by atoms with Gasteiger partial charge in [-0.05, 0) is 19.8 Å².